The second kappa shape index (κ2) is 4.66. The van der Waals surface area contributed by atoms with Gasteiger partial charge >= 0.3 is 0 Å². The minimum absolute atomic E-state index is 0.162. The second-order valence-corrected chi connectivity index (χ2v) is 3.88. The van der Waals surface area contributed by atoms with E-state index in [2.05, 4.69) is 9.97 Å². The molecule has 0 aliphatic heterocycles. The zero-order chi connectivity index (χ0) is 10.7. The molecule has 0 spiro atoms. The summed E-state index contributed by atoms with van der Waals surface area (Å²) in [5.74, 6) is 0.896. The van der Waals surface area contributed by atoms with Crippen molar-refractivity contribution >= 4 is 12.2 Å². The Kier molecular flexibility index (Phi) is 3.77. The average molecular weight is 212 g/mol. The van der Waals surface area contributed by atoms with Crippen molar-refractivity contribution in [2.75, 3.05) is 7.11 Å². The lowest BCUT2D eigenvalue weighted by Crippen LogP contribution is -2.12. The number of aryl methyl sites for hydroxylation is 1. The molecule has 0 radical (unpaired) electrons. The summed E-state index contributed by atoms with van der Waals surface area (Å²) in [6, 6.07) is 0. The molecule has 4 heteroatoms. The molecule has 1 rings (SSSR count). The first kappa shape index (κ1) is 11.3. The Morgan fingerprint density at radius 2 is 2.14 bits per heavy atom. The lowest BCUT2D eigenvalue weighted by atomic mass is 10.2. The van der Waals surface area contributed by atoms with Crippen molar-refractivity contribution in [1.29, 1.82) is 0 Å². The molecule has 1 aromatic rings. The lowest BCUT2D eigenvalue weighted by Gasteiger charge is -2.10. The topological polar surface area (TPSA) is 37.9 Å². The van der Waals surface area contributed by atoms with E-state index >= 15 is 0 Å². The SMILES string of the molecule is COC(C)Cc1nc(=S)c(C)c(C)[nH]1. The Balaban J connectivity index is 2.96. The summed E-state index contributed by atoms with van der Waals surface area (Å²) in [4.78, 5) is 7.52. The number of aromatic amines is 1. The molecule has 0 bridgehead atoms. The Bertz CT molecular complexity index is 373. The first-order chi connectivity index (χ1) is 6.54. The predicted molar refractivity (Wildman–Crippen MR) is 59.1 cm³/mol. The minimum Gasteiger partial charge on any atom is -0.381 e. The van der Waals surface area contributed by atoms with Crippen LogP contribution in [0.4, 0.5) is 0 Å². The molecule has 1 heterocycles. The van der Waals surface area contributed by atoms with Gasteiger partial charge < -0.3 is 9.72 Å². The van der Waals surface area contributed by atoms with Gasteiger partial charge in [-0.25, -0.2) is 4.98 Å². The van der Waals surface area contributed by atoms with E-state index in [9.17, 15) is 0 Å². The highest BCUT2D eigenvalue weighted by molar-refractivity contribution is 7.71. The third-order valence-electron chi connectivity index (χ3n) is 2.33. The molecule has 14 heavy (non-hydrogen) atoms. The lowest BCUT2D eigenvalue weighted by molar-refractivity contribution is 0.117. The molecule has 1 unspecified atom stereocenters. The van der Waals surface area contributed by atoms with Gasteiger partial charge in [0.15, 0.2) is 0 Å². The number of hydrogen-bond donors (Lipinski definition) is 1. The Morgan fingerprint density at radius 3 is 2.64 bits per heavy atom. The fourth-order valence-corrected chi connectivity index (χ4v) is 1.42. The fourth-order valence-electron chi connectivity index (χ4n) is 1.16. The highest BCUT2D eigenvalue weighted by Gasteiger charge is 2.05. The van der Waals surface area contributed by atoms with Crippen molar-refractivity contribution in [2.24, 2.45) is 0 Å². The quantitative estimate of drug-likeness (QED) is 0.781. The van der Waals surface area contributed by atoms with E-state index in [0.29, 0.717) is 4.64 Å². The molecule has 0 aliphatic rings. The molecule has 0 aromatic carbocycles. The summed E-state index contributed by atoms with van der Waals surface area (Å²) < 4.78 is 5.85. The van der Waals surface area contributed by atoms with Crippen molar-refractivity contribution in [2.45, 2.75) is 33.3 Å². The standard InChI is InChI=1S/C10H16N2OS/c1-6(13-4)5-9-11-8(3)7(2)10(14)12-9/h6H,5H2,1-4H3,(H,11,12,14). The van der Waals surface area contributed by atoms with Crippen LogP contribution in [0.2, 0.25) is 0 Å². The molecule has 78 valence electrons. The number of aromatic nitrogens is 2. The van der Waals surface area contributed by atoms with Gasteiger partial charge in [-0.15, -0.1) is 0 Å². The van der Waals surface area contributed by atoms with Crippen LogP contribution in [-0.4, -0.2) is 23.2 Å². The highest BCUT2D eigenvalue weighted by Crippen LogP contribution is 2.07. The van der Waals surface area contributed by atoms with Crippen LogP contribution < -0.4 is 0 Å². The molecule has 0 amide bonds. The molecule has 3 nitrogen and oxygen atoms in total. The number of rotatable bonds is 3. The predicted octanol–water partition coefficient (Wildman–Crippen LogP) is 2.33. The van der Waals surface area contributed by atoms with Gasteiger partial charge in [-0.1, -0.05) is 12.2 Å². The van der Waals surface area contributed by atoms with E-state index in [1.54, 1.807) is 7.11 Å². The zero-order valence-corrected chi connectivity index (χ0v) is 9.86. The number of H-pyrrole nitrogens is 1. The van der Waals surface area contributed by atoms with Gasteiger partial charge in [0.2, 0.25) is 0 Å². The Labute approximate surface area is 89.5 Å². The maximum absolute atomic E-state index is 5.17. The van der Waals surface area contributed by atoms with Gasteiger partial charge in [-0.2, -0.15) is 0 Å². The number of nitrogens with one attached hydrogen (secondary N) is 1. The van der Waals surface area contributed by atoms with E-state index in [4.69, 9.17) is 17.0 Å². The van der Waals surface area contributed by atoms with Crippen LogP contribution in [0.15, 0.2) is 0 Å². The van der Waals surface area contributed by atoms with Crippen molar-refractivity contribution in [3.05, 3.63) is 21.7 Å². The average Bonchev–Trinajstić information content (AvgIpc) is 2.14. The summed E-state index contributed by atoms with van der Waals surface area (Å²) in [6.45, 7) is 5.99. The van der Waals surface area contributed by atoms with Crippen molar-refractivity contribution in [1.82, 2.24) is 9.97 Å². The molecule has 0 aliphatic carbocycles. The fraction of sp³-hybridized carbons (Fsp3) is 0.600. The second-order valence-electron chi connectivity index (χ2n) is 3.49. The highest BCUT2D eigenvalue weighted by atomic mass is 32.1. The number of nitrogens with zero attached hydrogens (tertiary/aromatic N) is 1. The molecule has 1 atom stereocenters. The van der Waals surface area contributed by atoms with Crippen LogP contribution in [0, 0.1) is 18.5 Å². The molecule has 0 fully saturated rings. The molecule has 0 saturated carbocycles. The van der Waals surface area contributed by atoms with Gasteiger partial charge in [-0.05, 0) is 20.8 Å². The van der Waals surface area contributed by atoms with Crippen LogP contribution in [-0.2, 0) is 11.2 Å². The molecular formula is C10H16N2OS. The summed E-state index contributed by atoms with van der Waals surface area (Å²) >= 11 is 5.15. The first-order valence-electron chi connectivity index (χ1n) is 4.63. The van der Waals surface area contributed by atoms with Crippen molar-refractivity contribution in [3.8, 4) is 0 Å². The van der Waals surface area contributed by atoms with Crippen molar-refractivity contribution in [3.63, 3.8) is 0 Å². The summed E-state index contributed by atoms with van der Waals surface area (Å²) in [7, 11) is 1.69. The van der Waals surface area contributed by atoms with Crippen LogP contribution in [0.5, 0.6) is 0 Å². The summed E-state index contributed by atoms with van der Waals surface area (Å²) in [5, 5.41) is 0. The van der Waals surface area contributed by atoms with Gasteiger partial charge in [-0.3, -0.25) is 0 Å². The van der Waals surface area contributed by atoms with Crippen LogP contribution in [0.1, 0.15) is 24.0 Å². The van der Waals surface area contributed by atoms with E-state index in [1.165, 1.54) is 0 Å². The van der Waals surface area contributed by atoms with Crippen LogP contribution in [0.3, 0.4) is 0 Å². The molecule has 0 saturated heterocycles. The third kappa shape index (κ3) is 2.62. The van der Waals surface area contributed by atoms with Gasteiger partial charge in [0, 0.05) is 24.8 Å². The molecule has 1 N–H and O–H groups in total. The smallest absolute Gasteiger partial charge is 0.132 e. The van der Waals surface area contributed by atoms with Gasteiger partial charge in [0.05, 0.1) is 6.10 Å². The normalized spacial score (nSPS) is 12.9. The van der Waals surface area contributed by atoms with E-state index in [-0.39, 0.29) is 6.10 Å². The maximum atomic E-state index is 5.17. The van der Waals surface area contributed by atoms with E-state index < -0.39 is 0 Å². The van der Waals surface area contributed by atoms with Crippen LogP contribution in [0.25, 0.3) is 0 Å². The minimum atomic E-state index is 0.162. The van der Waals surface area contributed by atoms with Crippen molar-refractivity contribution < 1.29 is 4.74 Å². The summed E-state index contributed by atoms with van der Waals surface area (Å²) in [6.07, 6.45) is 0.927. The largest absolute Gasteiger partial charge is 0.381 e. The maximum Gasteiger partial charge on any atom is 0.132 e. The number of hydrogen-bond acceptors (Lipinski definition) is 3. The van der Waals surface area contributed by atoms with Gasteiger partial charge in [0.25, 0.3) is 0 Å². The number of ether oxygens (including phenoxy) is 1. The first-order valence-corrected chi connectivity index (χ1v) is 5.04. The van der Waals surface area contributed by atoms with E-state index in [0.717, 1.165) is 23.5 Å². The monoisotopic (exact) mass is 212 g/mol. The zero-order valence-electron chi connectivity index (χ0n) is 9.05. The Hall–Kier alpha value is -0.740. The molecular weight excluding hydrogens is 196 g/mol. The van der Waals surface area contributed by atoms with Gasteiger partial charge in [0.1, 0.15) is 10.5 Å². The third-order valence-corrected chi connectivity index (χ3v) is 2.73. The summed E-state index contributed by atoms with van der Waals surface area (Å²) in [5.41, 5.74) is 2.14. The number of methoxy groups -OCH3 is 1. The Morgan fingerprint density at radius 1 is 1.50 bits per heavy atom. The van der Waals surface area contributed by atoms with E-state index in [1.807, 2.05) is 20.8 Å². The molecule has 1 aromatic heterocycles. The van der Waals surface area contributed by atoms with Crippen LogP contribution >= 0.6 is 12.2 Å².